The number of aliphatic carboxylic acids is 1. The van der Waals surface area contributed by atoms with Gasteiger partial charge in [0.15, 0.2) is 0 Å². The molecule has 1 rings (SSSR count). The van der Waals surface area contributed by atoms with E-state index in [9.17, 15) is 36.3 Å². The maximum Gasteiger partial charge on any atom is 0.523 e. The minimum Gasteiger partial charge on any atom is -0.481 e. The Hall–Kier alpha value is -2.18. The van der Waals surface area contributed by atoms with Gasteiger partial charge in [-0.15, -0.1) is 0 Å². The molecule has 1 aromatic carbocycles. The van der Waals surface area contributed by atoms with Crippen LogP contribution in [-0.2, 0) is 35.2 Å². The van der Waals surface area contributed by atoms with Gasteiger partial charge in [-0.2, -0.15) is 21.6 Å². The monoisotopic (exact) mass is 372 g/mol. The third kappa shape index (κ3) is 5.18. The standard InChI is InChI=1S/C12H11F3O8S/c13-12(14,15)24(20,21)23-11(19,6-9(16)17)10(18)22-7-8-4-2-1-3-5-8/h1-5,19H,6-7H2,(H,16,17). The number of carboxylic acids is 1. The van der Waals surface area contributed by atoms with Crippen molar-refractivity contribution in [1.29, 1.82) is 0 Å². The van der Waals surface area contributed by atoms with Gasteiger partial charge in [-0.3, -0.25) is 4.79 Å². The first kappa shape index (κ1) is 19.9. The number of esters is 1. The van der Waals surface area contributed by atoms with E-state index in [4.69, 9.17) is 5.11 Å². The molecule has 0 heterocycles. The van der Waals surface area contributed by atoms with Crippen LogP contribution in [0.4, 0.5) is 13.2 Å². The molecule has 1 unspecified atom stereocenters. The molecule has 0 radical (unpaired) electrons. The van der Waals surface area contributed by atoms with Crippen molar-refractivity contribution < 1.29 is 50.3 Å². The second kappa shape index (κ2) is 7.15. The maximum atomic E-state index is 12.3. The second-order valence-corrected chi connectivity index (χ2v) is 5.94. The first-order chi connectivity index (χ1) is 10.9. The van der Waals surface area contributed by atoms with Crippen LogP contribution in [0.1, 0.15) is 12.0 Å². The number of halogens is 3. The van der Waals surface area contributed by atoms with Gasteiger partial charge in [-0.25, -0.2) is 8.98 Å². The summed E-state index contributed by atoms with van der Waals surface area (Å²) < 4.78 is 66.6. The number of ether oxygens (including phenoxy) is 1. The molecule has 0 aliphatic carbocycles. The Kier molecular flexibility index (Phi) is 5.92. The molecule has 0 saturated carbocycles. The number of carboxylic acid groups (broad SMARTS) is 1. The van der Waals surface area contributed by atoms with Crippen LogP contribution in [0.2, 0.25) is 0 Å². The highest BCUT2D eigenvalue weighted by Gasteiger charge is 2.55. The van der Waals surface area contributed by atoms with Crippen molar-refractivity contribution in [1.82, 2.24) is 0 Å². The number of rotatable bonds is 7. The molecule has 1 atom stereocenters. The minimum atomic E-state index is -6.44. The summed E-state index contributed by atoms with van der Waals surface area (Å²) in [6, 6.07) is 7.60. The molecular formula is C12H11F3O8S. The fourth-order valence-corrected chi connectivity index (χ4v) is 1.99. The lowest BCUT2D eigenvalue weighted by atomic mass is 10.2. The number of alkyl halides is 3. The lowest BCUT2D eigenvalue weighted by Gasteiger charge is -2.24. The number of carbonyl (C=O) groups excluding carboxylic acids is 1. The van der Waals surface area contributed by atoms with Gasteiger partial charge in [0.1, 0.15) is 13.0 Å². The summed E-state index contributed by atoms with van der Waals surface area (Å²) in [5.41, 5.74) is -5.62. The van der Waals surface area contributed by atoms with E-state index in [0.717, 1.165) is 0 Å². The van der Waals surface area contributed by atoms with Crippen LogP contribution in [0, 0.1) is 0 Å². The third-order valence-corrected chi connectivity index (χ3v) is 3.52. The Bertz CT molecular complexity index is 701. The van der Waals surface area contributed by atoms with E-state index in [1.165, 1.54) is 24.3 Å². The van der Waals surface area contributed by atoms with Crippen molar-refractivity contribution >= 4 is 22.1 Å². The summed E-state index contributed by atoms with van der Waals surface area (Å²) in [5.74, 6) is -7.86. The quantitative estimate of drug-likeness (QED) is 0.311. The van der Waals surface area contributed by atoms with E-state index in [1.807, 2.05) is 0 Å². The fraction of sp³-hybridized carbons (Fsp3) is 0.333. The smallest absolute Gasteiger partial charge is 0.481 e. The SMILES string of the molecule is O=C(O)CC(O)(OS(=O)(=O)C(F)(F)F)C(=O)OCc1ccccc1. The average molecular weight is 372 g/mol. The van der Waals surface area contributed by atoms with Crippen LogP contribution in [-0.4, -0.2) is 41.9 Å². The van der Waals surface area contributed by atoms with Crippen LogP contribution in [0.5, 0.6) is 0 Å². The van der Waals surface area contributed by atoms with Crippen molar-refractivity contribution in [2.24, 2.45) is 0 Å². The molecule has 8 nitrogen and oxygen atoms in total. The van der Waals surface area contributed by atoms with Crippen LogP contribution < -0.4 is 0 Å². The Morgan fingerprint density at radius 2 is 1.67 bits per heavy atom. The molecule has 0 fully saturated rings. The maximum absolute atomic E-state index is 12.3. The number of carbonyl (C=O) groups is 2. The molecule has 0 aliphatic heterocycles. The molecule has 1 aromatic rings. The summed E-state index contributed by atoms with van der Waals surface area (Å²) in [6.45, 7) is -0.559. The number of hydrogen-bond acceptors (Lipinski definition) is 7. The highest BCUT2D eigenvalue weighted by atomic mass is 32.2. The topological polar surface area (TPSA) is 127 Å². The van der Waals surface area contributed by atoms with Crippen LogP contribution in [0.25, 0.3) is 0 Å². The second-order valence-electron chi connectivity index (χ2n) is 4.40. The molecule has 0 aromatic heterocycles. The zero-order valence-electron chi connectivity index (χ0n) is 11.7. The van der Waals surface area contributed by atoms with Crippen LogP contribution in [0.15, 0.2) is 30.3 Å². The highest BCUT2D eigenvalue weighted by molar-refractivity contribution is 7.87. The third-order valence-electron chi connectivity index (χ3n) is 2.45. The van der Waals surface area contributed by atoms with Gasteiger partial charge in [-0.05, 0) is 5.56 Å². The minimum absolute atomic E-state index is 0.349. The van der Waals surface area contributed by atoms with Crippen LogP contribution >= 0.6 is 0 Å². The zero-order valence-corrected chi connectivity index (χ0v) is 12.5. The largest absolute Gasteiger partial charge is 0.523 e. The molecule has 0 amide bonds. The molecule has 0 spiro atoms. The number of aliphatic hydroxyl groups is 1. The number of hydrogen-bond donors (Lipinski definition) is 2. The summed E-state index contributed by atoms with van der Waals surface area (Å²) in [5, 5.41) is 18.2. The van der Waals surface area contributed by atoms with Crippen molar-refractivity contribution in [3.05, 3.63) is 35.9 Å². The number of benzene rings is 1. The summed E-state index contributed by atoms with van der Waals surface area (Å²) in [6.07, 6.45) is -1.78. The Labute approximate surface area is 133 Å². The molecular weight excluding hydrogens is 361 g/mol. The predicted octanol–water partition coefficient (Wildman–Crippen LogP) is 0.759. The van der Waals surface area contributed by atoms with Gasteiger partial charge in [0.25, 0.3) is 5.79 Å². The summed E-state index contributed by atoms with van der Waals surface area (Å²) in [4.78, 5) is 22.3. The van der Waals surface area contributed by atoms with Crippen molar-refractivity contribution in [2.75, 3.05) is 0 Å². The summed E-state index contributed by atoms with van der Waals surface area (Å²) in [7, 11) is -6.44. The normalized spacial score (nSPS) is 14.7. The predicted molar refractivity (Wildman–Crippen MR) is 69.5 cm³/mol. The average Bonchev–Trinajstić information content (AvgIpc) is 2.43. The first-order valence-electron chi connectivity index (χ1n) is 6.04. The van der Waals surface area contributed by atoms with E-state index in [-0.39, 0.29) is 0 Å². The molecule has 24 heavy (non-hydrogen) atoms. The van der Waals surface area contributed by atoms with Crippen molar-refractivity contribution in [3.8, 4) is 0 Å². The Morgan fingerprint density at radius 1 is 1.12 bits per heavy atom. The van der Waals surface area contributed by atoms with Gasteiger partial charge >= 0.3 is 27.6 Å². The van der Waals surface area contributed by atoms with Crippen molar-refractivity contribution in [3.63, 3.8) is 0 Å². The van der Waals surface area contributed by atoms with E-state index in [2.05, 4.69) is 8.92 Å². The lowest BCUT2D eigenvalue weighted by molar-refractivity contribution is -0.208. The van der Waals surface area contributed by atoms with Gasteiger partial charge in [0.05, 0.1) is 0 Å². The molecule has 0 aliphatic rings. The van der Waals surface area contributed by atoms with E-state index in [1.54, 1.807) is 6.07 Å². The zero-order chi connectivity index (χ0) is 18.6. The van der Waals surface area contributed by atoms with Crippen molar-refractivity contribution in [2.45, 2.75) is 24.3 Å². The van der Waals surface area contributed by atoms with E-state index < -0.39 is 46.4 Å². The molecule has 2 N–H and O–H groups in total. The molecule has 134 valence electrons. The Balaban J connectivity index is 2.98. The molecule has 0 bridgehead atoms. The molecule has 0 saturated heterocycles. The van der Waals surface area contributed by atoms with Gasteiger partial charge in [0, 0.05) is 0 Å². The van der Waals surface area contributed by atoms with Gasteiger partial charge in [-0.1, -0.05) is 30.3 Å². The highest BCUT2D eigenvalue weighted by Crippen LogP contribution is 2.30. The van der Waals surface area contributed by atoms with Gasteiger partial charge < -0.3 is 14.9 Å². The van der Waals surface area contributed by atoms with Crippen LogP contribution in [0.3, 0.4) is 0 Å². The van der Waals surface area contributed by atoms with Gasteiger partial charge in [0.2, 0.25) is 0 Å². The first-order valence-corrected chi connectivity index (χ1v) is 7.45. The van der Waals surface area contributed by atoms with E-state index >= 15 is 0 Å². The van der Waals surface area contributed by atoms with E-state index in [0.29, 0.717) is 5.56 Å². The Morgan fingerprint density at radius 3 is 2.12 bits per heavy atom. The lowest BCUT2D eigenvalue weighted by Crippen LogP contribution is -2.48. The summed E-state index contributed by atoms with van der Waals surface area (Å²) >= 11 is 0. The molecule has 12 heteroatoms. The fourth-order valence-electron chi connectivity index (χ4n) is 1.41.